The molecule has 1 aromatic rings. The summed E-state index contributed by atoms with van der Waals surface area (Å²) in [6.45, 7) is 4.03. The molecular weight excluding hydrogens is 366 g/mol. The average molecular weight is 388 g/mol. The number of ether oxygens (including phenoxy) is 2. The molecule has 1 fully saturated rings. The lowest BCUT2D eigenvalue weighted by Gasteiger charge is -2.20. The molecule has 7 nitrogen and oxygen atoms in total. The van der Waals surface area contributed by atoms with E-state index in [0.29, 0.717) is 55.2 Å². The molecule has 0 saturated carbocycles. The summed E-state index contributed by atoms with van der Waals surface area (Å²) in [6.07, 6.45) is 0.600. The van der Waals surface area contributed by atoms with Crippen LogP contribution in [0.5, 0.6) is 11.5 Å². The normalized spacial score (nSPS) is 21.8. The molecule has 0 radical (unpaired) electrons. The molecule has 3 rings (SSSR count). The van der Waals surface area contributed by atoms with Gasteiger partial charge in [0.05, 0.1) is 23.1 Å². The summed E-state index contributed by atoms with van der Waals surface area (Å²) in [5, 5.41) is 6.83. The van der Waals surface area contributed by atoms with E-state index in [4.69, 9.17) is 21.1 Å². The van der Waals surface area contributed by atoms with Gasteiger partial charge in [0.15, 0.2) is 27.3 Å². The van der Waals surface area contributed by atoms with Crippen molar-refractivity contribution in [1.82, 2.24) is 10.6 Å². The van der Waals surface area contributed by atoms with Gasteiger partial charge in [0.25, 0.3) is 0 Å². The summed E-state index contributed by atoms with van der Waals surface area (Å²) in [7, 11) is -2.93. The van der Waals surface area contributed by atoms with Crippen molar-refractivity contribution in [3.05, 3.63) is 22.7 Å². The Balaban J connectivity index is 1.70. The molecule has 0 amide bonds. The van der Waals surface area contributed by atoms with Crippen molar-refractivity contribution >= 4 is 27.4 Å². The number of halogens is 1. The highest BCUT2D eigenvalue weighted by Crippen LogP contribution is 2.38. The zero-order valence-electron chi connectivity index (χ0n) is 14.0. The summed E-state index contributed by atoms with van der Waals surface area (Å²) >= 11 is 6.24. The number of nitrogens with one attached hydrogen (secondary N) is 2. The van der Waals surface area contributed by atoms with E-state index in [9.17, 15) is 8.42 Å². The first kappa shape index (κ1) is 18.1. The van der Waals surface area contributed by atoms with E-state index >= 15 is 0 Å². The van der Waals surface area contributed by atoms with Gasteiger partial charge in [-0.05, 0) is 31.0 Å². The molecule has 9 heteroatoms. The highest BCUT2D eigenvalue weighted by molar-refractivity contribution is 7.91. The van der Waals surface area contributed by atoms with Crippen LogP contribution in [-0.2, 0) is 16.4 Å². The molecule has 0 aliphatic carbocycles. The fraction of sp³-hybridized carbons (Fsp3) is 0.562. The molecule has 1 aromatic carbocycles. The van der Waals surface area contributed by atoms with Gasteiger partial charge in [-0.25, -0.2) is 13.4 Å². The lowest BCUT2D eigenvalue weighted by molar-refractivity contribution is 0.171. The second kappa shape index (κ2) is 7.70. The zero-order chi connectivity index (χ0) is 17.9. The van der Waals surface area contributed by atoms with Gasteiger partial charge in [0.1, 0.15) is 13.2 Å². The van der Waals surface area contributed by atoms with Gasteiger partial charge < -0.3 is 20.1 Å². The van der Waals surface area contributed by atoms with Crippen molar-refractivity contribution < 1.29 is 17.9 Å². The Hall–Kier alpha value is -1.67. The van der Waals surface area contributed by atoms with Crippen molar-refractivity contribution in [3.8, 4) is 11.5 Å². The van der Waals surface area contributed by atoms with E-state index in [1.807, 2.05) is 19.1 Å². The largest absolute Gasteiger partial charge is 0.486 e. The third kappa shape index (κ3) is 4.70. The number of fused-ring (bicyclic) bond motifs is 1. The van der Waals surface area contributed by atoms with Gasteiger partial charge in [-0.1, -0.05) is 11.6 Å². The standard InChI is InChI=1S/C16H22ClN3O4S/c1-2-18-16(20-12-3-6-25(21,22)10-12)19-9-11-7-13(17)15-14(8-11)23-4-5-24-15/h7-8,12H,2-6,9-10H2,1H3,(H2,18,19,20). The second-order valence-electron chi connectivity index (χ2n) is 6.04. The van der Waals surface area contributed by atoms with Crippen LogP contribution in [0.15, 0.2) is 17.1 Å². The molecule has 0 aromatic heterocycles. The van der Waals surface area contributed by atoms with Crippen LogP contribution in [0.2, 0.25) is 5.02 Å². The van der Waals surface area contributed by atoms with E-state index in [2.05, 4.69) is 15.6 Å². The number of sulfone groups is 1. The third-order valence-corrected chi connectivity index (χ3v) is 6.04. The maximum Gasteiger partial charge on any atom is 0.191 e. The zero-order valence-corrected chi connectivity index (χ0v) is 15.6. The van der Waals surface area contributed by atoms with Crippen molar-refractivity contribution in [2.24, 2.45) is 4.99 Å². The lowest BCUT2D eigenvalue weighted by Crippen LogP contribution is -2.44. The number of rotatable bonds is 4. The first-order valence-corrected chi connectivity index (χ1v) is 10.5. The molecule has 138 valence electrons. The number of hydrogen-bond donors (Lipinski definition) is 2. The molecule has 1 unspecified atom stereocenters. The Bertz CT molecular complexity index is 767. The van der Waals surface area contributed by atoms with Crippen LogP contribution in [-0.4, -0.2) is 51.7 Å². The Labute approximate surface area is 152 Å². The topological polar surface area (TPSA) is 89.0 Å². The van der Waals surface area contributed by atoms with Gasteiger partial charge >= 0.3 is 0 Å². The molecule has 2 heterocycles. The van der Waals surface area contributed by atoms with Crippen molar-refractivity contribution in [3.63, 3.8) is 0 Å². The van der Waals surface area contributed by atoms with Crippen LogP contribution in [0.3, 0.4) is 0 Å². The van der Waals surface area contributed by atoms with Gasteiger partial charge in [-0.3, -0.25) is 0 Å². The van der Waals surface area contributed by atoms with E-state index in [-0.39, 0.29) is 17.5 Å². The van der Waals surface area contributed by atoms with Crippen molar-refractivity contribution in [2.45, 2.75) is 25.9 Å². The third-order valence-electron chi connectivity index (χ3n) is 3.99. The van der Waals surface area contributed by atoms with Crippen molar-refractivity contribution in [2.75, 3.05) is 31.3 Å². The van der Waals surface area contributed by atoms with Crippen LogP contribution in [0.25, 0.3) is 0 Å². The molecule has 2 aliphatic heterocycles. The maximum atomic E-state index is 11.6. The number of nitrogens with zero attached hydrogens (tertiary/aromatic N) is 1. The first-order valence-electron chi connectivity index (χ1n) is 8.30. The van der Waals surface area contributed by atoms with E-state index < -0.39 is 9.84 Å². The van der Waals surface area contributed by atoms with Crippen molar-refractivity contribution in [1.29, 1.82) is 0 Å². The minimum absolute atomic E-state index is 0.105. The first-order chi connectivity index (χ1) is 12.0. The Morgan fingerprint density at radius 2 is 2.16 bits per heavy atom. The maximum absolute atomic E-state index is 11.6. The molecule has 0 bridgehead atoms. The molecule has 1 atom stereocenters. The number of hydrogen-bond acceptors (Lipinski definition) is 5. The number of benzene rings is 1. The summed E-state index contributed by atoms with van der Waals surface area (Å²) in [5.74, 6) is 2.16. The van der Waals surface area contributed by atoms with Crippen LogP contribution >= 0.6 is 11.6 Å². The van der Waals surface area contributed by atoms with Gasteiger partial charge in [-0.15, -0.1) is 0 Å². The quantitative estimate of drug-likeness (QED) is 0.599. The molecular formula is C16H22ClN3O4S. The van der Waals surface area contributed by atoms with Crippen LogP contribution in [0.4, 0.5) is 0 Å². The monoisotopic (exact) mass is 387 g/mol. The van der Waals surface area contributed by atoms with Gasteiger partial charge in [-0.2, -0.15) is 0 Å². The number of guanidine groups is 1. The van der Waals surface area contributed by atoms with Gasteiger partial charge in [0, 0.05) is 12.6 Å². The molecule has 25 heavy (non-hydrogen) atoms. The summed E-state index contributed by atoms with van der Waals surface area (Å²) in [6, 6.07) is 3.57. The predicted molar refractivity (Wildman–Crippen MR) is 97.5 cm³/mol. The number of aliphatic imine (C=N–C) groups is 1. The van der Waals surface area contributed by atoms with Crippen LogP contribution < -0.4 is 20.1 Å². The lowest BCUT2D eigenvalue weighted by atomic mass is 10.2. The second-order valence-corrected chi connectivity index (χ2v) is 8.68. The summed E-state index contributed by atoms with van der Waals surface area (Å²) in [5.41, 5.74) is 0.894. The highest BCUT2D eigenvalue weighted by atomic mass is 35.5. The van der Waals surface area contributed by atoms with Crippen LogP contribution in [0.1, 0.15) is 18.9 Å². The molecule has 0 spiro atoms. The van der Waals surface area contributed by atoms with Gasteiger partial charge in [0.2, 0.25) is 0 Å². The SMILES string of the molecule is CCNC(=NCc1cc(Cl)c2c(c1)OCCO2)NC1CCS(=O)(=O)C1. The summed E-state index contributed by atoms with van der Waals surface area (Å²) < 4.78 is 34.3. The Kier molecular flexibility index (Phi) is 5.58. The van der Waals surface area contributed by atoms with E-state index in [0.717, 1.165) is 5.56 Å². The fourth-order valence-corrected chi connectivity index (χ4v) is 4.81. The Morgan fingerprint density at radius 3 is 2.88 bits per heavy atom. The van der Waals surface area contributed by atoms with E-state index in [1.54, 1.807) is 0 Å². The molecule has 1 saturated heterocycles. The molecule has 2 aliphatic rings. The predicted octanol–water partition coefficient (Wildman–Crippen LogP) is 1.35. The smallest absolute Gasteiger partial charge is 0.191 e. The summed E-state index contributed by atoms with van der Waals surface area (Å²) in [4.78, 5) is 4.53. The van der Waals surface area contributed by atoms with E-state index in [1.165, 1.54) is 0 Å². The highest BCUT2D eigenvalue weighted by Gasteiger charge is 2.28. The Morgan fingerprint density at radius 1 is 1.36 bits per heavy atom. The molecule has 2 N–H and O–H groups in total. The minimum atomic E-state index is -2.93. The fourth-order valence-electron chi connectivity index (χ4n) is 2.85. The average Bonchev–Trinajstić information content (AvgIpc) is 2.91. The van der Waals surface area contributed by atoms with Crippen LogP contribution in [0, 0.1) is 0 Å². The minimum Gasteiger partial charge on any atom is -0.486 e.